The molecule has 3 heteroatoms. The molecule has 34 heavy (non-hydrogen) atoms. The van der Waals surface area contributed by atoms with Crippen molar-refractivity contribution in [2.45, 2.75) is 124 Å². The number of alkyl halides is 1. The summed E-state index contributed by atoms with van der Waals surface area (Å²) in [5.41, 5.74) is 2.48. The number of carbonyl (C=O) groups excluding carboxylic acids is 1. The van der Waals surface area contributed by atoms with Crippen molar-refractivity contribution in [2.75, 3.05) is 5.88 Å². The van der Waals surface area contributed by atoms with Gasteiger partial charge in [-0.05, 0) is 97.7 Å². The maximum absolute atomic E-state index is 12.2. The van der Waals surface area contributed by atoms with Gasteiger partial charge >= 0.3 is 5.97 Å². The lowest BCUT2D eigenvalue weighted by Gasteiger charge is -2.58. The Balaban J connectivity index is 1.41. The maximum atomic E-state index is 12.2. The molecule has 0 aromatic heterocycles. The Hall–Kier alpha value is -0.500. The van der Waals surface area contributed by atoms with E-state index in [0.29, 0.717) is 23.1 Å². The van der Waals surface area contributed by atoms with Crippen molar-refractivity contribution in [3.05, 3.63) is 11.6 Å². The second-order valence-corrected chi connectivity index (χ2v) is 13.8. The molecule has 0 bridgehead atoms. The van der Waals surface area contributed by atoms with Crippen LogP contribution in [0.15, 0.2) is 11.6 Å². The van der Waals surface area contributed by atoms with Crippen molar-refractivity contribution in [1.82, 2.24) is 0 Å². The zero-order valence-electron chi connectivity index (χ0n) is 22.7. The highest BCUT2D eigenvalue weighted by Crippen LogP contribution is 2.67. The standard InChI is InChI=1S/C31H51ClO2/c1-21(2)8-6-9-22(3)26-13-14-27-25-12-11-23-20-24(34-29(33)10-7-19-32)15-17-30(23,4)28(25)16-18-31(26,27)5/h11,21-22,24-28H,6-10,12-20H2,1-5H3/t22-,24+,25+,26-,27-,28+,30+,31-/m1/s1. The molecular formula is C31H51ClO2. The monoisotopic (exact) mass is 490 g/mol. The van der Waals surface area contributed by atoms with Crippen LogP contribution in [0, 0.1) is 46.3 Å². The fraction of sp³-hybridized carbons (Fsp3) is 0.903. The molecule has 0 spiro atoms. The normalized spacial score (nSPS) is 40.2. The van der Waals surface area contributed by atoms with Crippen LogP contribution in [0.2, 0.25) is 0 Å². The molecular weight excluding hydrogens is 440 g/mol. The summed E-state index contributed by atoms with van der Waals surface area (Å²) >= 11 is 5.75. The van der Waals surface area contributed by atoms with Crippen molar-refractivity contribution in [2.24, 2.45) is 46.3 Å². The van der Waals surface area contributed by atoms with Gasteiger partial charge in [0.15, 0.2) is 0 Å². The zero-order chi connectivity index (χ0) is 24.5. The lowest BCUT2D eigenvalue weighted by Crippen LogP contribution is -2.51. The predicted molar refractivity (Wildman–Crippen MR) is 143 cm³/mol. The van der Waals surface area contributed by atoms with Gasteiger partial charge in [0.25, 0.3) is 0 Å². The van der Waals surface area contributed by atoms with E-state index in [0.717, 1.165) is 54.8 Å². The molecule has 0 aliphatic heterocycles. The molecule has 0 heterocycles. The van der Waals surface area contributed by atoms with E-state index < -0.39 is 0 Å². The quantitative estimate of drug-likeness (QED) is 0.183. The van der Waals surface area contributed by atoms with Crippen LogP contribution < -0.4 is 0 Å². The number of rotatable bonds is 9. The van der Waals surface area contributed by atoms with Crippen LogP contribution >= 0.6 is 11.6 Å². The molecule has 4 aliphatic rings. The summed E-state index contributed by atoms with van der Waals surface area (Å²) in [6, 6.07) is 0. The van der Waals surface area contributed by atoms with E-state index in [4.69, 9.17) is 16.3 Å². The molecule has 0 saturated heterocycles. The van der Waals surface area contributed by atoms with Crippen LogP contribution in [-0.4, -0.2) is 18.0 Å². The van der Waals surface area contributed by atoms with Gasteiger partial charge in [0, 0.05) is 18.7 Å². The fourth-order valence-corrected chi connectivity index (χ4v) is 9.34. The molecule has 0 aromatic rings. The number of hydrogen-bond donors (Lipinski definition) is 0. The molecule has 8 atom stereocenters. The topological polar surface area (TPSA) is 26.3 Å². The minimum Gasteiger partial charge on any atom is -0.462 e. The van der Waals surface area contributed by atoms with Crippen LogP contribution in [0.25, 0.3) is 0 Å². The van der Waals surface area contributed by atoms with Gasteiger partial charge in [-0.3, -0.25) is 4.79 Å². The van der Waals surface area contributed by atoms with Crippen molar-refractivity contribution in [3.63, 3.8) is 0 Å². The molecule has 0 unspecified atom stereocenters. The van der Waals surface area contributed by atoms with Gasteiger partial charge in [-0.25, -0.2) is 0 Å². The molecule has 4 rings (SSSR count). The Morgan fingerprint density at radius 1 is 1.06 bits per heavy atom. The van der Waals surface area contributed by atoms with Crippen LogP contribution in [0.4, 0.5) is 0 Å². The molecule has 2 nitrogen and oxygen atoms in total. The molecule has 4 aliphatic carbocycles. The number of ether oxygens (including phenoxy) is 1. The third kappa shape index (κ3) is 5.14. The van der Waals surface area contributed by atoms with Crippen molar-refractivity contribution in [1.29, 1.82) is 0 Å². The Kier molecular flexibility index (Phi) is 8.48. The first kappa shape index (κ1) is 26.6. The minimum atomic E-state index is -0.0588. The van der Waals surface area contributed by atoms with Gasteiger partial charge in [0.05, 0.1) is 0 Å². The first-order valence-corrected chi connectivity index (χ1v) is 15.2. The van der Waals surface area contributed by atoms with Crippen LogP contribution in [0.3, 0.4) is 0 Å². The van der Waals surface area contributed by atoms with E-state index >= 15 is 0 Å². The predicted octanol–water partition coefficient (Wildman–Crippen LogP) is 8.96. The number of fused-ring (bicyclic) bond motifs is 5. The molecule has 0 radical (unpaired) electrons. The summed E-state index contributed by atoms with van der Waals surface area (Å²) in [5.74, 6) is 5.70. The molecule has 0 aromatic carbocycles. The van der Waals surface area contributed by atoms with Crippen LogP contribution in [-0.2, 0) is 9.53 Å². The Bertz CT molecular complexity index is 744. The van der Waals surface area contributed by atoms with Gasteiger partial charge in [-0.1, -0.05) is 65.5 Å². The van der Waals surface area contributed by atoms with Crippen LogP contribution in [0.1, 0.15) is 118 Å². The molecule has 0 N–H and O–H groups in total. The Labute approximate surface area is 215 Å². The SMILES string of the molecule is CC(C)CCC[C@@H](C)[C@H]1CC[C@@H]2[C@@H]3CC=C4C[C@@H](OC(=O)CCCCl)CC[C@]4(C)[C@H]3CC[C@@]21C. The number of allylic oxidation sites excluding steroid dienone is 1. The molecule has 0 amide bonds. The summed E-state index contributed by atoms with van der Waals surface area (Å²) in [4.78, 5) is 12.2. The van der Waals surface area contributed by atoms with E-state index in [2.05, 4.69) is 40.7 Å². The molecule has 194 valence electrons. The number of carbonyl (C=O) groups is 1. The number of halogens is 1. The third-order valence-corrected chi connectivity index (χ3v) is 11.3. The van der Waals surface area contributed by atoms with E-state index in [1.807, 2.05) is 0 Å². The highest BCUT2D eigenvalue weighted by Gasteiger charge is 2.59. The summed E-state index contributed by atoms with van der Waals surface area (Å²) in [7, 11) is 0. The number of esters is 1. The average Bonchev–Trinajstić information content (AvgIpc) is 3.15. The maximum Gasteiger partial charge on any atom is 0.306 e. The van der Waals surface area contributed by atoms with Crippen molar-refractivity contribution in [3.8, 4) is 0 Å². The molecule has 3 saturated carbocycles. The highest BCUT2D eigenvalue weighted by molar-refractivity contribution is 6.17. The van der Waals surface area contributed by atoms with Gasteiger partial charge < -0.3 is 4.74 Å². The zero-order valence-corrected chi connectivity index (χ0v) is 23.5. The minimum absolute atomic E-state index is 0.0588. The summed E-state index contributed by atoms with van der Waals surface area (Å²) in [6.07, 6.45) is 18.3. The average molecular weight is 491 g/mol. The Morgan fingerprint density at radius 3 is 2.59 bits per heavy atom. The van der Waals surface area contributed by atoms with Crippen molar-refractivity contribution >= 4 is 17.6 Å². The largest absolute Gasteiger partial charge is 0.462 e. The smallest absolute Gasteiger partial charge is 0.306 e. The lowest BCUT2D eigenvalue weighted by atomic mass is 9.47. The summed E-state index contributed by atoms with van der Waals surface area (Å²) in [6.45, 7) is 12.5. The van der Waals surface area contributed by atoms with E-state index in [1.165, 1.54) is 57.8 Å². The summed E-state index contributed by atoms with van der Waals surface area (Å²) < 4.78 is 5.86. The van der Waals surface area contributed by atoms with Gasteiger partial charge in [0.1, 0.15) is 6.10 Å². The second kappa shape index (κ2) is 10.9. The van der Waals surface area contributed by atoms with E-state index in [-0.39, 0.29) is 12.1 Å². The van der Waals surface area contributed by atoms with Crippen LogP contribution in [0.5, 0.6) is 0 Å². The lowest BCUT2D eigenvalue weighted by molar-refractivity contribution is -0.151. The first-order chi connectivity index (χ1) is 16.2. The van der Waals surface area contributed by atoms with E-state index in [1.54, 1.807) is 5.57 Å². The van der Waals surface area contributed by atoms with Gasteiger partial charge in [-0.2, -0.15) is 0 Å². The van der Waals surface area contributed by atoms with E-state index in [9.17, 15) is 4.79 Å². The fourth-order valence-electron chi connectivity index (χ4n) is 9.21. The van der Waals surface area contributed by atoms with Gasteiger partial charge in [0.2, 0.25) is 0 Å². The second-order valence-electron chi connectivity index (χ2n) is 13.4. The number of hydrogen-bond acceptors (Lipinski definition) is 2. The van der Waals surface area contributed by atoms with Gasteiger partial charge in [-0.15, -0.1) is 11.6 Å². The molecule has 3 fully saturated rings. The third-order valence-electron chi connectivity index (χ3n) is 11.1. The summed E-state index contributed by atoms with van der Waals surface area (Å²) in [5, 5.41) is 0. The highest BCUT2D eigenvalue weighted by atomic mass is 35.5. The Morgan fingerprint density at radius 2 is 1.85 bits per heavy atom. The first-order valence-electron chi connectivity index (χ1n) is 14.6. The van der Waals surface area contributed by atoms with Crippen molar-refractivity contribution < 1.29 is 9.53 Å².